The van der Waals surface area contributed by atoms with E-state index in [0.29, 0.717) is 0 Å². The minimum absolute atomic E-state index is 0. The molecule has 0 fully saturated rings. The van der Waals surface area contributed by atoms with Gasteiger partial charge in [0.15, 0.2) is 0 Å². The Morgan fingerprint density at radius 3 is 2.42 bits per heavy atom. The Hall–Kier alpha value is 0.845. The van der Waals surface area contributed by atoms with Crippen LogP contribution in [0.4, 0.5) is 0 Å². The number of rotatable bonds is 10. The molecule has 1 atom stereocenters. The van der Waals surface area contributed by atoms with E-state index in [1.54, 1.807) is 6.92 Å². The smallest absolute Gasteiger partial charge is 0.748 e. The number of hydrogen-bond donors (Lipinski definition) is 0. The average Bonchev–Trinajstić information content (AvgIpc) is 2.26. The molecule has 19 heavy (non-hydrogen) atoms. The minimum Gasteiger partial charge on any atom is -0.748 e. The van der Waals surface area contributed by atoms with E-state index in [0.717, 1.165) is 6.08 Å². The molecule has 0 aliphatic rings. The molecule has 0 saturated carbocycles. The van der Waals surface area contributed by atoms with Gasteiger partial charge in [-0.3, -0.25) is 0 Å². The molecule has 0 bridgehead atoms. The summed E-state index contributed by atoms with van der Waals surface area (Å²) in [4.78, 5) is 10.8. The first-order valence-electron chi connectivity index (χ1n) is 5.27. The van der Waals surface area contributed by atoms with Crippen LogP contribution in [0.5, 0.6) is 0 Å². The zero-order chi connectivity index (χ0) is 14.0. The molecule has 0 aliphatic carbocycles. The maximum absolute atomic E-state index is 10.8. The van der Waals surface area contributed by atoms with E-state index in [1.165, 1.54) is 0 Å². The molecular formula is C10H17O7RbS. The summed E-state index contributed by atoms with van der Waals surface area (Å²) in [5.74, 6) is -1.08. The molecule has 0 amide bonds. The van der Waals surface area contributed by atoms with Gasteiger partial charge in [-0.05, 0) is 6.92 Å². The monoisotopic (exact) mass is 366 g/mol. The predicted molar refractivity (Wildman–Crippen MR) is 62.0 cm³/mol. The second-order valence-electron chi connectivity index (χ2n) is 3.40. The van der Waals surface area contributed by atoms with Crippen molar-refractivity contribution >= 4 is 16.1 Å². The summed E-state index contributed by atoms with van der Waals surface area (Å²) >= 11 is 0. The molecule has 0 N–H and O–H groups in total. The summed E-state index contributed by atoms with van der Waals surface area (Å²) in [7, 11) is -4.23. The Labute approximate surface area is 162 Å². The van der Waals surface area contributed by atoms with E-state index in [-0.39, 0.29) is 84.6 Å². The van der Waals surface area contributed by atoms with Crippen molar-refractivity contribution in [2.75, 3.05) is 32.2 Å². The van der Waals surface area contributed by atoms with Crippen molar-refractivity contribution in [1.82, 2.24) is 0 Å². The minimum atomic E-state index is -4.23. The molecule has 0 saturated heterocycles. The van der Waals surface area contributed by atoms with Crippen LogP contribution < -0.4 is 58.2 Å². The van der Waals surface area contributed by atoms with Gasteiger partial charge in [-0.2, -0.15) is 0 Å². The molecule has 0 aliphatic heterocycles. The quantitative estimate of drug-likeness (QED) is 0.173. The number of hydrogen-bond acceptors (Lipinski definition) is 7. The van der Waals surface area contributed by atoms with Crippen LogP contribution in [0.2, 0.25) is 0 Å². The first-order valence-corrected chi connectivity index (χ1v) is 6.85. The molecule has 7 nitrogen and oxygen atoms in total. The van der Waals surface area contributed by atoms with Crippen LogP contribution in [0.1, 0.15) is 6.92 Å². The van der Waals surface area contributed by atoms with E-state index >= 15 is 0 Å². The summed E-state index contributed by atoms with van der Waals surface area (Å²) in [5, 5.41) is 0. The zero-order valence-corrected chi connectivity index (χ0v) is 16.9. The van der Waals surface area contributed by atoms with Gasteiger partial charge < -0.3 is 18.8 Å². The van der Waals surface area contributed by atoms with E-state index in [2.05, 4.69) is 6.58 Å². The molecule has 0 heterocycles. The molecule has 106 valence electrons. The Balaban J connectivity index is 0. The van der Waals surface area contributed by atoms with Crippen LogP contribution >= 0.6 is 0 Å². The molecule has 0 spiro atoms. The third-order valence-corrected chi connectivity index (χ3v) is 2.35. The maximum atomic E-state index is 10.8. The Bertz CT molecular complexity index is 355. The first kappa shape index (κ1) is 22.1. The van der Waals surface area contributed by atoms with Crippen LogP contribution in [-0.4, -0.2) is 57.2 Å². The van der Waals surface area contributed by atoms with Gasteiger partial charge in [-0.25, -0.2) is 13.2 Å². The summed E-state index contributed by atoms with van der Waals surface area (Å²) in [5.41, 5.74) is 0. The number of carbonyl (C=O) groups excluding carboxylic acids is 1. The molecule has 0 aromatic rings. The van der Waals surface area contributed by atoms with Crippen molar-refractivity contribution in [3.8, 4) is 0 Å². The first-order chi connectivity index (χ1) is 8.35. The topological polar surface area (TPSA) is 102 Å². The largest absolute Gasteiger partial charge is 1.00 e. The van der Waals surface area contributed by atoms with Gasteiger partial charge in [0.05, 0.1) is 42.3 Å². The van der Waals surface area contributed by atoms with Crippen LogP contribution in [-0.2, 0) is 29.1 Å². The maximum Gasteiger partial charge on any atom is 1.00 e. The molecule has 0 aromatic heterocycles. The van der Waals surface area contributed by atoms with E-state index in [9.17, 15) is 17.8 Å². The second kappa shape index (κ2) is 12.6. The van der Waals surface area contributed by atoms with Crippen molar-refractivity contribution in [3.63, 3.8) is 0 Å². The van der Waals surface area contributed by atoms with Gasteiger partial charge in [-0.1, -0.05) is 6.58 Å². The zero-order valence-electron chi connectivity index (χ0n) is 11.2. The molecule has 1 unspecified atom stereocenters. The summed E-state index contributed by atoms with van der Waals surface area (Å²) in [6, 6.07) is 0. The van der Waals surface area contributed by atoms with Crippen molar-refractivity contribution in [1.29, 1.82) is 0 Å². The van der Waals surface area contributed by atoms with Gasteiger partial charge in [0, 0.05) is 6.08 Å². The molecule has 0 rings (SSSR count). The Kier molecular flexibility index (Phi) is 14.6. The van der Waals surface area contributed by atoms with E-state index in [1.807, 2.05) is 0 Å². The second-order valence-corrected chi connectivity index (χ2v) is 4.92. The number of esters is 1. The van der Waals surface area contributed by atoms with Crippen LogP contribution in [0.15, 0.2) is 12.7 Å². The van der Waals surface area contributed by atoms with Crippen molar-refractivity contribution in [2.45, 2.75) is 13.0 Å². The van der Waals surface area contributed by atoms with E-state index in [4.69, 9.17) is 14.2 Å². The summed E-state index contributed by atoms with van der Waals surface area (Å²) in [6.07, 6.45) is 0.653. The molecular weight excluding hydrogens is 350 g/mol. The fourth-order valence-corrected chi connectivity index (χ4v) is 1.23. The number of ether oxygens (including phenoxy) is 3. The molecule has 0 radical (unpaired) electrons. The van der Waals surface area contributed by atoms with E-state index < -0.39 is 27.9 Å². The van der Waals surface area contributed by atoms with Gasteiger partial charge in [0.1, 0.15) is 6.10 Å². The summed E-state index contributed by atoms with van der Waals surface area (Å²) < 4.78 is 45.5. The SMILES string of the molecule is C=CC(=O)OC(C)COCCOCCS(=O)(=O)[O-].[Rb+]. The third-order valence-electron chi connectivity index (χ3n) is 1.69. The number of carbonyl (C=O) groups is 1. The molecule has 9 heteroatoms. The van der Waals surface area contributed by atoms with Crippen molar-refractivity contribution in [3.05, 3.63) is 12.7 Å². The van der Waals surface area contributed by atoms with Crippen LogP contribution in [0.25, 0.3) is 0 Å². The Morgan fingerprint density at radius 1 is 1.32 bits per heavy atom. The summed E-state index contributed by atoms with van der Waals surface area (Å²) in [6.45, 7) is 5.33. The van der Waals surface area contributed by atoms with Gasteiger partial charge in [-0.15, -0.1) is 0 Å². The molecule has 0 aromatic carbocycles. The fourth-order valence-electron chi connectivity index (χ4n) is 0.911. The predicted octanol–water partition coefficient (Wildman–Crippen LogP) is -3.31. The third kappa shape index (κ3) is 16.8. The Morgan fingerprint density at radius 2 is 1.89 bits per heavy atom. The van der Waals surface area contributed by atoms with Crippen molar-refractivity contribution < 1.29 is 90.2 Å². The standard InChI is InChI=1S/C10H18O7S.Rb/c1-3-10(11)17-9(2)8-16-5-4-15-6-7-18(12,13)14;/h3,9H,1,4-8H2,2H3,(H,12,13,14);/q;+1/p-1. The van der Waals surface area contributed by atoms with Gasteiger partial charge in [0.2, 0.25) is 0 Å². The normalized spacial score (nSPS) is 12.3. The van der Waals surface area contributed by atoms with Gasteiger partial charge in [0.25, 0.3) is 0 Å². The van der Waals surface area contributed by atoms with Crippen LogP contribution in [0, 0.1) is 0 Å². The fraction of sp³-hybridized carbons (Fsp3) is 0.700. The average molecular weight is 367 g/mol. The van der Waals surface area contributed by atoms with Crippen LogP contribution in [0.3, 0.4) is 0 Å². The van der Waals surface area contributed by atoms with Gasteiger partial charge >= 0.3 is 64.2 Å². The van der Waals surface area contributed by atoms with Crippen molar-refractivity contribution in [2.24, 2.45) is 0 Å².